The molecular formula is C16H22N2O2. The minimum atomic E-state index is -0.131. The van der Waals surface area contributed by atoms with Crippen molar-refractivity contribution >= 4 is 5.91 Å². The molecule has 1 fully saturated rings. The maximum Gasteiger partial charge on any atom is 0.237 e. The summed E-state index contributed by atoms with van der Waals surface area (Å²) in [6, 6.07) is 8.26. The molecule has 0 aromatic heterocycles. The van der Waals surface area contributed by atoms with Crippen molar-refractivity contribution in [3.63, 3.8) is 0 Å². The van der Waals surface area contributed by atoms with Crippen LogP contribution in [0.5, 0.6) is 0 Å². The van der Waals surface area contributed by atoms with E-state index in [2.05, 4.69) is 22.8 Å². The molecule has 1 aromatic rings. The smallest absolute Gasteiger partial charge is 0.237 e. The van der Waals surface area contributed by atoms with Gasteiger partial charge in [-0.25, -0.2) is 0 Å². The van der Waals surface area contributed by atoms with Gasteiger partial charge in [-0.1, -0.05) is 24.3 Å². The summed E-state index contributed by atoms with van der Waals surface area (Å²) in [4.78, 5) is 12.3. The van der Waals surface area contributed by atoms with E-state index >= 15 is 0 Å². The van der Waals surface area contributed by atoms with Crippen molar-refractivity contribution in [1.82, 2.24) is 10.6 Å². The van der Waals surface area contributed by atoms with E-state index in [4.69, 9.17) is 4.74 Å². The third-order valence-corrected chi connectivity index (χ3v) is 4.29. The van der Waals surface area contributed by atoms with Crippen LogP contribution in [-0.2, 0) is 22.5 Å². The summed E-state index contributed by atoms with van der Waals surface area (Å²) < 4.78 is 5.62. The number of benzene rings is 1. The number of carbonyl (C=O) groups excluding carboxylic acids is 1. The van der Waals surface area contributed by atoms with E-state index in [1.165, 1.54) is 11.1 Å². The lowest BCUT2D eigenvalue weighted by atomic mass is 9.95. The van der Waals surface area contributed by atoms with Gasteiger partial charge in [0.1, 0.15) is 0 Å². The van der Waals surface area contributed by atoms with Gasteiger partial charge in [0.05, 0.1) is 18.2 Å². The summed E-state index contributed by atoms with van der Waals surface area (Å²) in [5.41, 5.74) is 2.57. The topological polar surface area (TPSA) is 50.4 Å². The zero-order chi connectivity index (χ0) is 13.9. The van der Waals surface area contributed by atoms with E-state index in [9.17, 15) is 4.79 Å². The van der Waals surface area contributed by atoms with E-state index in [1.807, 2.05) is 19.1 Å². The first-order chi connectivity index (χ1) is 9.74. The highest BCUT2D eigenvalue weighted by Crippen LogP contribution is 2.18. The molecule has 0 spiro atoms. The maximum absolute atomic E-state index is 12.3. The predicted molar refractivity (Wildman–Crippen MR) is 77.4 cm³/mol. The van der Waals surface area contributed by atoms with E-state index in [1.54, 1.807) is 0 Å². The average molecular weight is 274 g/mol. The molecule has 0 radical (unpaired) electrons. The normalized spacial score (nSPS) is 26.9. The monoisotopic (exact) mass is 274 g/mol. The van der Waals surface area contributed by atoms with E-state index < -0.39 is 0 Å². The van der Waals surface area contributed by atoms with Crippen LogP contribution in [0.3, 0.4) is 0 Å². The Balaban J connectivity index is 1.58. The molecule has 2 unspecified atom stereocenters. The van der Waals surface area contributed by atoms with Gasteiger partial charge in [-0.15, -0.1) is 0 Å². The minimum Gasteiger partial charge on any atom is -0.376 e. The summed E-state index contributed by atoms with van der Waals surface area (Å²) in [6.07, 6.45) is 3.08. The van der Waals surface area contributed by atoms with Crippen LogP contribution in [-0.4, -0.2) is 30.7 Å². The van der Waals surface area contributed by atoms with Gasteiger partial charge in [0.15, 0.2) is 0 Å². The van der Waals surface area contributed by atoms with Crippen LogP contribution in [0.1, 0.15) is 30.9 Å². The number of nitrogens with one attached hydrogen (secondary N) is 2. The average Bonchev–Trinajstić information content (AvgIpc) is 3.01. The first-order valence-electron chi connectivity index (χ1n) is 7.46. The molecule has 2 aliphatic rings. The molecule has 20 heavy (non-hydrogen) atoms. The second kappa shape index (κ2) is 5.94. The number of carbonyl (C=O) groups is 1. The van der Waals surface area contributed by atoms with Gasteiger partial charge < -0.3 is 15.4 Å². The van der Waals surface area contributed by atoms with Crippen LogP contribution < -0.4 is 10.6 Å². The second-order valence-corrected chi connectivity index (χ2v) is 5.76. The number of rotatable bonds is 3. The highest BCUT2D eigenvalue weighted by Gasteiger charge is 2.28. The SMILES string of the molecule is CC(NC(=O)[C@@H]1Cc2ccccc2CN1)C1CCCO1. The number of amides is 1. The van der Waals surface area contributed by atoms with Gasteiger partial charge >= 0.3 is 0 Å². The molecule has 1 amide bonds. The molecule has 4 heteroatoms. The number of fused-ring (bicyclic) bond motifs is 1. The minimum absolute atomic E-state index is 0.0857. The fourth-order valence-electron chi connectivity index (χ4n) is 3.05. The molecule has 4 nitrogen and oxygen atoms in total. The Morgan fingerprint density at radius 2 is 2.20 bits per heavy atom. The molecule has 1 aromatic carbocycles. The van der Waals surface area contributed by atoms with Crippen LogP contribution in [0.15, 0.2) is 24.3 Å². The first-order valence-corrected chi connectivity index (χ1v) is 7.46. The molecule has 3 atom stereocenters. The molecule has 2 aliphatic heterocycles. The molecule has 1 saturated heterocycles. The van der Waals surface area contributed by atoms with Crippen molar-refractivity contribution in [2.24, 2.45) is 0 Å². The lowest BCUT2D eigenvalue weighted by Gasteiger charge is -2.28. The van der Waals surface area contributed by atoms with Crippen molar-refractivity contribution in [1.29, 1.82) is 0 Å². The Bertz CT molecular complexity index is 483. The van der Waals surface area contributed by atoms with Crippen molar-refractivity contribution in [3.05, 3.63) is 35.4 Å². The lowest BCUT2D eigenvalue weighted by molar-refractivity contribution is -0.124. The van der Waals surface area contributed by atoms with Crippen molar-refractivity contribution in [3.8, 4) is 0 Å². The maximum atomic E-state index is 12.3. The molecule has 3 rings (SSSR count). The summed E-state index contributed by atoms with van der Waals surface area (Å²) in [6.45, 7) is 3.62. The van der Waals surface area contributed by atoms with Gasteiger partial charge in [0.25, 0.3) is 0 Å². The van der Waals surface area contributed by atoms with E-state index in [0.717, 1.165) is 32.4 Å². The van der Waals surface area contributed by atoms with E-state index in [0.29, 0.717) is 0 Å². The van der Waals surface area contributed by atoms with Crippen LogP contribution >= 0.6 is 0 Å². The Labute approximate surface area is 119 Å². The van der Waals surface area contributed by atoms with Gasteiger partial charge in [0, 0.05) is 13.2 Å². The van der Waals surface area contributed by atoms with E-state index in [-0.39, 0.29) is 24.1 Å². The molecule has 0 saturated carbocycles. The van der Waals surface area contributed by atoms with Gasteiger partial charge in [0.2, 0.25) is 5.91 Å². The largest absolute Gasteiger partial charge is 0.376 e. The van der Waals surface area contributed by atoms with Crippen LogP contribution in [0, 0.1) is 0 Å². The molecule has 2 heterocycles. The summed E-state index contributed by atoms with van der Waals surface area (Å²) in [5, 5.41) is 6.41. The van der Waals surface area contributed by atoms with Crippen molar-refractivity contribution < 1.29 is 9.53 Å². The lowest BCUT2D eigenvalue weighted by Crippen LogP contribution is -2.52. The zero-order valence-corrected chi connectivity index (χ0v) is 11.9. The summed E-state index contributed by atoms with van der Waals surface area (Å²) in [5.74, 6) is 0.0857. The van der Waals surface area contributed by atoms with Gasteiger partial charge in [-0.2, -0.15) is 0 Å². The highest BCUT2D eigenvalue weighted by molar-refractivity contribution is 5.82. The first kappa shape index (κ1) is 13.6. The standard InChI is InChI=1S/C16H22N2O2/c1-11(15-7-4-8-20-15)18-16(19)14-9-12-5-2-3-6-13(12)10-17-14/h2-3,5-6,11,14-15,17H,4,7-10H2,1H3,(H,18,19)/t11?,14-,15?/m0/s1. The summed E-state index contributed by atoms with van der Waals surface area (Å²) >= 11 is 0. The second-order valence-electron chi connectivity index (χ2n) is 5.76. The fraction of sp³-hybridized carbons (Fsp3) is 0.562. The third-order valence-electron chi connectivity index (χ3n) is 4.29. The van der Waals surface area contributed by atoms with Crippen LogP contribution in [0.25, 0.3) is 0 Å². The fourth-order valence-corrected chi connectivity index (χ4v) is 3.05. The Morgan fingerprint density at radius 3 is 2.95 bits per heavy atom. The summed E-state index contributed by atoms with van der Waals surface area (Å²) in [7, 11) is 0. The molecule has 2 N–H and O–H groups in total. The molecule has 0 aliphatic carbocycles. The molecular weight excluding hydrogens is 252 g/mol. The van der Waals surface area contributed by atoms with Crippen LogP contribution in [0.2, 0.25) is 0 Å². The quantitative estimate of drug-likeness (QED) is 0.875. The Kier molecular flexibility index (Phi) is 4.03. The number of hydrogen-bond donors (Lipinski definition) is 2. The zero-order valence-electron chi connectivity index (χ0n) is 11.9. The molecule has 0 bridgehead atoms. The van der Waals surface area contributed by atoms with Gasteiger partial charge in [-0.3, -0.25) is 4.79 Å². The van der Waals surface area contributed by atoms with Crippen molar-refractivity contribution in [2.75, 3.05) is 6.61 Å². The van der Waals surface area contributed by atoms with Gasteiger partial charge in [-0.05, 0) is 37.3 Å². The molecule has 108 valence electrons. The Hall–Kier alpha value is -1.39. The van der Waals surface area contributed by atoms with Crippen LogP contribution in [0.4, 0.5) is 0 Å². The number of ether oxygens (including phenoxy) is 1. The number of hydrogen-bond acceptors (Lipinski definition) is 3. The van der Waals surface area contributed by atoms with Crippen molar-refractivity contribution in [2.45, 2.75) is 50.9 Å². The predicted octanol–water partition coefficient (Wildman–Crippen LogP) is 1.38. The Morgan fingerprint density at radius 1 is 1.40 bits per heavy atom. The third kappa shape index (κ3) is 2.86. The highest BCUT2D eigenvalue weighted by atomic mass is 16.5.